The average Bonchev–Trinajstić information content (AvgIpc) is 1.98. The van der Waals surface area contributed by atoms with E-state index < -0.39 is 5.97 Å². The number of rotatable bonds is 2. The van der Waals surface area contributed by atoms with E-state index in [0.717, 1.165) is 6.42 Å². The summed E-state index contributed by atoms with van der Waals surface area (Å²) in [5.74, 6) is 4.42. The molecule has 0 aromatic heterocycles. The molecule has 0 fully saturated rings. The Balaban J connectivity index is 3.98. The van der Waals surface area contributed by atoms with E-state index in [1.54, 1.807) is 0 Å². The average molecular weight is 154 g/mol. The number of hydrogen-bond donors (Lipinski definition) is 1. The first-order chi connectivity index (χ1) is 5.07. The van der Waals surface area contributed by atoms with Crippen LogP contribution in [-0.2, 0) is 4.79 Å². The van der Waals surface area contributed by atoms with Crippen LogP contribution in [-0.4, -0.2) is 11.1 Å². The predicted octanol–water partition coefficient (Wildman–Crippen LogP) is 1.76. The van der Waals surface area contributed by atoms with Crippen molar-refractivity contribution in [1.29, 1.82) is 0 Å². The largest absolute Gasteiger partial charge is 0.472 e. The number of carbonyl (C=O) groups is 1. The van der Waals surface area contributed by atoms with Crippen LogP contribution in [0.25, 0.3) is 0 Å². The van der Waals surface area contributed by atoms with Gasteiger partial charge in [0.25, 0.3) is 0 Å². The maximum Gasteiger partial charge on any atom is 0.381 e. The quantitative estimate of drug-likeness (QED) is 0.615. The van der Waals surface area contributed by atoms with Crippen LogP contribution < -0.4 is 0 Å². The standard InChI is InChI=1S/C9H14O2/c1-4-7(2)8(3)5-6-9(10)11/h7-8H,4H2,1-3H3,(H,10,11). The fourth-order valence-electron chi connectivity index (χ4n) is 0.671. The molecule has 2 nitrogen and oxygen atoms in total. The van der Waals surface area contributed by atoms with Crippen LogP contribution in [0.3, 0.4) is 0 Å². The van der Waals surface area contributed by atoms with Crippen LogP contribution in [0.2, 0.25) is 0 Å². The molecule has 2 unspecified atom stereocenters. The molecule has 0 saturated heterocycles. The Morgan fingerprint density at radius 2 is 2.09 bits per heavy atom. The van der Waals surface area contributed by atoms with Gasteiger partial charge in [0.1, 0.15) is 0 Å². The van der Waals surface area contributed by atoms with Crippen LogP contribution in [0, 0.1) is 23.7 Å². The normalized spacial score (nSPS) is 14.5. The van der Waals surface area contributed by atoms with Crippen molar-refractivity contribution in [3.05, 3.63) is 0 Å². The number of aliphatic carboxylic acids is 1. The summed E-state index contributed by atoms with van der Waals surface area (Å²) >= 11 is 0. The third kappa shape index (κ3) is 4.44. The van der Waals surface area contributed by atoms with E-state index in [0.29, 0.717) is 5.92 Å². The van der Waals surface area contributed by atoms with Crippen molar-refractivity contribution >= 4 is 5.97 Å². The third-order valence-corrected chi connectivity index (χ3v) is 1.90. The van der Waals surface area contributed by atoms with Gasteiger partial charge in [-0.05, 0) is 5.92 Å². The minimum absolute atomic E-state index is 0.177. The maximum atomic E-state index is 10.0. The lowest BCUT2D eigenvalue weighted by Gasteiger charge is -2.10. The molecule has 0 bridgehead atoms. The predicted molar refractivity (Wildman–Crippen MR) is 44.0 cm³/mol. The molecule has 0 heterocycles. The Morgan fingerprint density at radius 3 is 2.45 bits per heavy atom. The van der Waals surface area contributed by atoms with E-state index in [1.807, 2.05) is 6.92 Å². The van der Waals surface area contributed by atoms with Crippen LogP contribution in [0.4, 0.5) is 0 Å². The maximum absolute atomic E-state index is 10.0. The van der Waals surface area contributed by atoms with E-state index in [1.165, 1.54) is 0 Å². The lowest BCUT2D eigenvalue weighted by molar-refractivity contribution is -0.130. The molecule has 62 valence electrons. The molecule has 0 aliphatic carbocycles. The summed E-state index contributed by atoms with van der Waals surface area (Å²) in [6.45, 7) is 6.09. The zero-order chi connectivity index (χ0) is 8.85. The van der Waals surface area contributed by atoms with Crippen molar-refractivity contribution in [2.45, 2.75) is 27.2 Å². The van der Waals surface area contributed by atoms with Gasteiger partial charge in [-0.15, -0.1) is 0 Å². The molecular weight excluding hydrogens is 140 g/mol. The van der Waals surface area contributed by atoms with E-state index in [-0.39, 0.29) is 5.92 Å². The highest BCUT2D eigenvalue weighted by Gasteiger charge is 2.05. The molecule has 1 N–H and O–H groups in total. The van der Waals surface area contributed by atoms with Crippen LogP contribution in [0.15, 0.2) is 0 Å². The van der Waals surface area contributed by atoms with Gasteiger partial charge in [0, 0.05) is 11.8 Å². The lowest BCUT2D eigenvalue weighted by atomic mass is 9.94. The van der Waals surface area contributed by atoms with Crippen molar-refractivity contribution in [2.24, 2.45) is 11.8 Å². The second kappa shape index (κ2) is 4.79. The lowest BCUT2D eigenvalue weighted by Crippen LogP contribution is -2.04. The van der Waals surface area contributed by atoms with Gasteiger partial charge in [-0.25, -0.2) is 4.79 Å². The summed E-state index contributed by atoms with van der Waals surface area (Å²) in [6, 6.07) is 0. The second-order valence-electron chi connectivity index (χ2n) is 2.75. The fourth-order valence-corrected chi connectivity index (χ4v) is 0.671. The van der Waals surface area contributed by atoms with Crippen LogP contribution >= 0.6 is 0 Å². The molecule has 0 aliphatic rings. The smallest absolute Gasteiger partial charge is 0.381 e. The van der Waals surface area contributed by atoms with Gasteiger partial charge in [-0.3, -0.25) is 0 Å². The molecule has 0 aromatic carbocycles. The highest BCUT2D eigenvalue weighted by molar-refractivity contribution is 5.86. The zero-order valence-corrected chi connectivity index (χ0v) is 7.22. The summed E-state index contributed by atoms with van der Waals surface area (Å²) in [5, 5.41) is 8.24. The first-order valence-corrected chi connectivity index (χ1v) is 3.82. The number of carboxylic acids is 1. The summed E-state index contributed by atoms with van der Waals surface area (Å²) in [6.07, 6.45) is 1.04. The summed E-state index contributed by atoms with van der Waals surface area (Å²) < 4.78 is 0. The molecule has 0 radical (unpaired) electrons. The monoisotopic (exact) mass is 154 g/mol. The van der Waals surface area contributed by atoms with Crippen molar-refractivity contribution in [3.8, 4) is 11.8 Å². The fraction of sp³-hybridized carbons (Fsp3) is 0.667. The Hall–Kier alpha value is -0.970. The molecule has 2 heteroatoms. The van der Waals surface area contributed by atoms with Crippen molar-refractivity contribution < 1.29 is 9.90 Å². The molecule has 0 aliphatic heterocycles. The highest BCUT2D eigenvalue weighted by atomic mass is 16.4. The Bertz CT molecular complexity index is 185. The van der Waals surface area contributed by atoms with Gasteiger partial charge in [0.2, 0.25) is 0 Å². The van der Waals surface area contributed by atoms with Crippen molar-refractivity contribution in [2.75, 3.05) is 0 Å². The van der Waals surface area contributed by atoms with E-state index in [2.05, 4.69) is 25.7 Å². The van der Waals surface area contributed by atoms with Crippen LogP contribution in [0.1, 0.15) is 27.2 Å². The first kappa shape index (κ1) is 10.0. The van der Waals surface area contributed by atoms with Gasteiger partial charge in [0.15, 0.2) is 0 Å². The van der Waals surface area contributed by atoms with E-state index in [4.69, 9.17) is 5.11 Å². The topological polar surface area (TPSA) is 37.3 Å². The van der Waals surface area contributed by atoms with E-state index in [9.17, 15) is 4.79 Å². The SMILES string of the molecule is CCC(C)C(C)C#CC(=O)O. The van der Waals surface area contributed by atoms with Gasteiger partial charge >= 0.3 is 5.97 Å². The molecule has 0 spiro atoms. The summed E-state index contributed by atoms with van der Waals surface area (Å²) in [5.41, 5.74) is 0. The Morgan fingerprint density at radius 1 is 1.55 bits per heavy atom. The Labute approximate surface area is 67.6 Å². The van der Waals surface area contributed by atoms with Crippen LogP contribution in [0.5, 0.6) is 0 Å². The molecule has 0 saturated carbocycles. The number of hydrogen-bond acceptors (Lipinski definition) is 1. The molecule has 0 aromatic rings. The van der Waals surface area contributed by atoms with E-state index >= 15 is 0 Å². The molecule has 0 rings (SSSR count). The minimum atomic E-state index is -1.04. The van der Waals surface area contributed by atoms with Gasteiger partial charge < -0.3 is 5.11 Å². The summed E-state index contributed by atoms with van der Waals surface area (Å²) in [7, 11) is 0. The Kier molecular flexibility index (Phi) is 4.36. The minimum Gasteiger partial charge on any atom is -0.472 e. The van der Waals surface area contributed by atoms with Gasteiger partial charge in [-0.1, -0.05) is 33.1 Å². The second-order valence-corrected chi connectivity index (χ2v) is 2.75. The van der Waals surface area contributed by atoms with Gasteiger partial charge in [-0.2, -0.15) is 0 Å². The number of carboxylic acid groups (broad SMARTS) is 1. The molecule has 2 atom stereocenters. The van der Waals surface area contributed by atoms with Crippen molar-refractivity contribution in [1.82, 2.24) is 0 Å². The zero-order valence-electron chi connectivity index (χ0n) is 7.22. The highest BCUT2D eigenvalue weighted by Crippen LogP contribution is 2.12. The van der Waals surface area contributed by atoms with Crippen molar-refractivity contribution in [3.63, 3.8) is 0 Å². The third-order valence-electron chi connectivity index (χ3n) is 1.90. The first-order valence-electron chi connectivity index (χ1n) is 3.82. The van der Waals surface area contributed by atoms with Gasteiger partial charge in [0.05, 0.1) is 0 Å². The molecule has 0 amide bonds. The molecule has 11 heavy (non-hydrogen) atoms. The molecular formula is C9H14O2. The summed E-state index contributed by atoms with van der Waals surface area (Å²) in [4.78, 5) is 10.0.